The number of carbonyl (C=O) groups excluding carboxylic acids is 2. The second-order valence-corrected chi connectivity index (χ2v) is 3.96. The number of hydrogen-bond donors (Lipinski definition) is 1. The first kappa shape index (κ1) is 14.3. The van der Waals surface area contributed by atoms with Crippen LogP contribution in [0.3, 0.4) is 0 Å². The first-order valence-electron chi connectivity index (χ1n) is 5.22. The van der Waals surface area contributed by atoms with Crippen molar-refractivity contribution in [1.82, 2.24) is 5.32 Å². The molecule has 0 bridgehead atoms. The van der Waals surface area contributed by atoms with E-state index in [1.807, 2.05) is 0 Å². The normalized spacial score (nSPS) is 11.5. The van der Waals surface area contributed by atoms with Crippen molar-refractivity contribution in [2.75, 3.05) is 20.8 Å². The average Bonchev–Trinajstić information content (AvgIpc) is 2.43. The number of alkyl halides is 1. The molecule has 98 valence electrons. The molecule has 0 aliphatic heterocycles. The van der Waals surface area contributed by atoms with Gasteiger partial charge in [-0.1, -0.05) is 0 Å². The van der Waals surface area contributed by atoms with Crippen LogP contribution < -0.4 is 10.1 Å². The first-order valence-corrected chi connectivity index (χ1v) is 5.66. The number of halogens is 1. The lowest BCUT2D eigenvalue weighted by Gasteiger charge is -2.09. The molecule has 5 nitrogen and oxygen atoms in total. The van der Waals surface area contributed by atoms with Crippen molar-refractivity contribution in [2.45, 2.75) is 5.38 Å². The summed E-state index contributed by atoms with van der Waals surface area (Å²) in [5.41, 5.74) is 0.463. The predicted octanol–water partition coefficient (Wildman–Crippen LogP) is 1.21. The number of carbonyl (C=O) groups is 2. The van der Waals surface area contributed by atoms with Gasteiger partial charge in [-0.2, -0.15) is 0 Å². The Labute approximate surface area is 110 Å². The number of rotatable bonds is 5. The summed E-state index contributed by atoms with van der Waals surface area (Å²) >= 11 is 5.70. The molecule has 1 atom stereocenters. The minimum Gasteiger partial charge on any atom is -0.497 e. The molecule has 1 unspecified atom stereocenters. The number of amides is 1. The molecule has 0 heterocycles. The molecule has 18 heavy (non-hydrogen) atoms. The van der Waals surface area contributed by atoms with Gasteiger partial charge in [0.25, 0.3) is 5.91 Å². The maximum atomic E-state index is 11.7. The van der Waals surface area contributed by atoms with Gasteiger partial charge in [0.15, 0.2) is 0 Å². The molecular weight excluding hydrogens is 258 g/mol. The van der Waals surface area contributed by atoms with E-state index in [0.29, 0.717) is 11.3 Å². The van der Waals surface area contributed by atoms with Crippen molar-refractivity contribution in [3.63, 3.8) is 0 Å². The Hall–Kier alpha value is -1.75. The van der Waals surface area contributed by atoms with Gasteiger partial charge in [-0.05, 0) is 24.3 Å². The van der Waals surface area contributed by atoms with E-state index in [9.17, 15) is 9.59 Å². The van der Waals surface area contributed by atoms with Gasteiger partial charge in [0.05, 0.1) is 14.2 Å². The first-order chi connectivity index (χ1) is 8.58. The monoisotopic (exact) mass is 271 g/mol. The zero-order valence-electron chi connectivity index (χ0n) is 10.1. The summed E-state index contributed by atoms with van der Waals surface area (Å²) in [6.45, 7) is 0.0130. The molecule has 1 rings (SSSR count). The lowest BCUT2D eigenvalue weighted by molar-refractivity contribution is -0.140. The molecule has 1 aromatic rings. The Morgan fingerprint density at radius 1 is 1.28 bits per heavy atom. The Balaban J connectivity index is 2.52. The molecule has 0 spiro atoms. The standard InChI is InChI=1S/C12H14ClNO4/c1-17-9-5-3-8(4-6-9)11(15)14-7-10(13)12(16)18-2/h3-6,10H,7H2,1-2H3,(H,14,15). The number of nitrogens with one attached hydrogen (secondary N) is 1. The topological polar surface area (TPSA) is 64.6 Å². The molecule has 6 heteroatoms. The van der Waals surface area contributed by atoms with Crippen LogP contribution in [0.15, 0.2) is 24.3 Å². The van der Waals surface area contributed by atoms with Crippen molar-refractivity contribution in [2.24, 2.45) is 0 Å². The smallest absolute Gasteiger partial charge is 0.325 e. The molecule has 0 radical (unpaired) electrons. The molecule has 0 fully saturated rings. The van der Waals surface area contributed by atoms with Crippen molar-refractivity contribution in [3.05, 3.63) is 29.8 Å². The fraction of sp³-hybridized carbons (Fsp3) is 0.333. The van der Waals surface area contributed by atoms with E-state index >= 15 is 0 Å². The van der Waals surface area contributed by atoms with Crippen molar-refractivity contribution in [3.8, 4) is 5.75 Å². The van der Waals surface area contributed by atoms with Gasteiger partial charge >= 0.3 is 5.97 Å². The lowest BCUT2D eigenvalue weighted by atomic mass is 10.2. The van der Waals surface area contributed by atoms with Crippen molar-refractivity contribution < 1.29 is 19.1 Å². The third kappa shape index (κ3) is 3.92. The van der Waals surface area contributed by atoms with Crippen LogP contribution in [0.4, 0.5) is 0 Å². The molecule has 1 N–H and O–H groups in total. The zero-order valence-corrected chi connectivity index (χ0v) is 10.9. The number of benzene rings is 1. The van der Waals surface area contributed by atoms with Crippen LogP contribution in [0.25, 0.3) is 0 Å². The molecule has 0 aromatic heterocycles. The van der Waals surface area contributed by atoms with Gasteiger partial charge < -0.3 is 14.8 Å². The second-order valence-electron chi connectivity index (χ2n) is 3.43. The summed E-state index contributed by atoms with van der Waals surface area (Å²) in [4.78, 5) is 22.7. The minimum atomic E-state index is -0.891. The number of methoxy groups -OCH3 is 2. The van der Waals surface area contributed by atoms with E-state index in [1.165, 1.54) is 7.11 Å². The predicted molar refractivity (Wildman–Crippen MR) is 67.0 cm³/mol. The van der Waals surface area contributed by atoms with E-state index in [0.717, 1.165) is 0 Å². The van der Waals surface area contributed by atoms with E-state index in [2.05, 4.69) is 10.1 Å². The number of hydrogen-bond acceptors (Lipinski definition) is 4. The second kappa shape index (κ2) is 6.86. The summed E-state index contributed by atoms with van der Waals surface area (Å²) in [5.74, 6) is -0.227. The largest absolute Gasteiger partial charge is 0.497 e. The van der Waals surface area contributed by atoms with Crippen LogP contribution in [0.2, 0.25) is 0 Å². The van der Waals surface area contributed by atoms with E-state index in [1.54, 1.807) is 31.4 Å². The fourth-order valence-corrected chi connectivity index (χ4v) is 1.40. The van der Waals surface area contributed by atoms with Gasteiger partial charge in [0.1, 0.15) is 11.1 Å². The van der Waals surface area contributed by atoms with Crippen LogP contribution in [0.5, 0.6) is 5.75 Å². The maximum absolute atomic E-state index is 11.7. The summed E-state index contributed by atoms with van der Waals surface area (Å²) in [7, 11) is 2.78. The molecular formula is C12H14ClNO4. The highest BCUT2D eigenvalue weighted by Crippen LogP contribution is 2.11. The molecule has 0 saturated heterocycles. The highest BCUT2D eigenvalue weighted by Gasteiger charge is 2.16. The highest BCUT2D eigenvalue weighted by atomic mass is 35.5. The number of ether oxygens (including phenoxy) is 2. The Morgan fingerprint density at radius 2 is 1.89 bits per heavy atom. The van der Waals surface area contributed by atoms with Gasteiger partial charge in [0, 0.05) is 12.1 Å². The third-order valence-corrected chi connectivity index (χ3v) is 2.58. The van der Waals surface area contributed by atoms with Crippen LogP contribution >= 0.6 is 11.6 Å². The highest BCUT2D eigenvalue weighted by molar-refractivity contribution is 6.30. The van der Waals surface area contributed by atoms with Crippen LogP contribution in [-0.2, 0) is 9.53 Å². The summed E-state index contributed by atoms with van der Waals surface area (Å²) in [5, 5.41) is 1.65. The van der Waals surface area contributed by atoms with Gasteiger partial charge in [-0.15, -0.1) is 11.6 Å². The van der Waals surface area contributed by atoms with Gasteiger partial charge in [-0.25, -0.2) is 0 Å². The van der Waals surface area contributed by atoms with Gasteiger partial charge in [0.2, 0.25) is 0 Å². The van der Waals surface area contributed by atoms with Crippen LogP contribution in [0.1, 0.15) is 10.4 Å². The van der Waals surface area contributed by atoms with E-state index < -0.39 is 11.3 Å². The quantitative estimate of drug-likeness (QED) is 0.646. The lowest BCUT2D eigenvalue weighted by Crippen LogP contribution is -2.34. The summed E-state index contributed by atoms with van der Waals surface area (Å²) in [6.07, 6.45) is 0. The Kier molecular flexibility index (Phi) is 5.45. The maximum Gasteiger partial charge on any atom is 0.325 e. The molecule has 1 aromatic carbocycles. The van der Waals surface area contributed by atoms with Gasteiger partial charge in [-0.3, -0.25) is 9.59 Å². The zero-order chi connectivity index (χ0) is 13.5. The van der Waals surface area contributed by atoms with E-state index in [-0.39, 0.29) is 12.5 Å². The van der Waals surface area contributed by atoms with Crippen LogP contribution in [-0.4, -0.2) is 38.0 Å². The number of esters is 1. The summed E-state index contributed by atoms with van der Waals surface area (Å²) < 4.78 is 9.42. The average molecular weight is 272 g/mol. The molecule has 0 aliphatic rings. The minimum absolute atomic E-state index is 0.0130. The van der Waals surface area contributed by atoms with Crippen LogP contribution in [0, 0.1) is 0 Å². The molecule has 0 aliphatic carbocycles. The third-order valence-electron chi connectivity index (χ3n) is 2.25. The van der Waals surface area contributed by atoms with Crippen molar-refractivity contribution >= 4 is 23.5 Å². The fourth-order valence-electron chi connectivity index (χ4n) is 1.24. The van der Waals surface area contributed by atoms with Crippen molar-refractivity contribution in [1.29, 1.82) is 0 Å². The molecule has 0 saturated carbocycles. The Morgan fingerprint density at radius 3 is 2.39 bits per heavy atom. The SMILES string of the molecule is COC(=O)C(Cl)CNC(=O)c1ccc(OC)cc1. The molecule has 1 amide bonds. The summed E-state index contributed by atoms with van der Waals surface area (Å²) in [6, 6.07) is 6.59. The van der Waals surface area contributed by atoms with E-state index in [4.69, 9.17) is 16.3 Å². The Bertz CT molecular complexity index is 419.